The molecule has 15 heavy (non-hydrogen) atoms. The van der Waals surface area contributed by atoms with Gasteiger partial charge >= 0.3 is 0 Å². The molecule has 1 N–H and O–H groups in total. The number of nitrogens with zero attached hydrogens (tertiary/aromatic N) is 1. The lowest BCUT2D eigenvalue weighted by Gasteiger charge is -2.37. The Kier molecular flexibility index (Phi) is 6.26. The normalized spacial score (nSPS) is 25.4. The summed E-state index contributed by atoms with van der Waals surface area (Å²) in [4.78, 5) is 2.71. The van der Waals surface area contributed by atoms with E-state index in [0.29, 0.717) is 6.04 Å². The molecule has 0 spiro atoms. The van der Waals surface area contributed by atoms with Crippen LogP contribution in [0.1, 0.15) is 52.9 Å². The largest absolute Gasteiger partial charge is 0.313 e. The molecule has 1 rings (SSSR count). The number of likely N-dealkylation sites (N-methyl/N-ethyl adjacent to an activating group) is 1. The second kappa shape index (κ2) is 7.24. The maximum atomic E-state index is 3.58. The zero-order valence-corrected chi connectivity index (χ0v) is 10.8. The second-order valence-electron chi connectivity index (χ2n) is 4.72. The fourth-order valence-corrected chi connectivity index (χ4v) is 2.67. The van der Waals surface area contributed by atoms with Crippen LogP contribution >= 0.6 is 0 Å². The molecule has 1 heterocycles. The Morgan fingerprint density at radius 1 is 1.27 bits per heavy atom. The molecule has 0 aromatic rings. The van der Waals surface area contributed by atoms with Crippen molar-refractivity contribution >= 4 is 0 Å². The average Bonchev–Trinajstić information content (AvgIpc) is 2.29. The Morgan fingerprint density at radius 3 is 2.67 bits per heavy atom. The van der Waals surface area contributed by atoms with Crippen molar-refractivity contribution in [2.45, 2.75) is 65.0 Å². The van der Waals surface area contributed by atoms with E-state index >= 15 is 0 Å². The van der Waals surface area contributed by atoms with Gasteiger partial charge in [-0.05, 0) is 38.8 Å². The van der Waals surface area contributed by atoms with Crippen LogP contribution in [0.5, 0.6) is 0 Å². The van der Waals surface area contributed by atoms with Gasteiger partial charge < -0.3 is 5.32 Å². The van der Waals surface area contributed by atoms with Crippen molar-refractivity contribution in [3.05, 3.63) is 0 Å². The highest BCUT2D eigenvalue weighted by Crippen LogP contribution is 2.19. The second-order valence-corrected chi connectivity index (χ2v) is 4.72. The Bertz CT molecular complexity index is 159. The molecule has 2 unspecified atom stereocenters. The van der Waals surface area contributed by atoms with E-state index in [0.717, 1.165) is 12.6 Å². The number of piperidine rings is 1. The summed E-state index contributed by atoms with van der Waals surface area (Å²) in [5.41, 5.74) is 0. The summed E-state index contributed by atoms with van der Waals surface area (Å²) in [5.74, 6) is 0. The Morgan fingerprint density at radius 2 is 2.07 bits per heavy atom. The number of rotatable bonds is 6. The van der Waals surface area contributed by atoms with Gasteiger partial charge in [-0.25, -0.2) is 0 Å². The molecule has 0 bridgehead atoms. The fourth-order valence-electron chi connectivity index (χ4n) is 2.67. The summed E-state index contributed by atoms with van der Waals surface area (Å²) in [6.07, 6.45) is 6.83. The van der Waals surface area contributed by atoms with Crippen LogP contribution in [-0.4, -0.2) is 36.6 Å². The highest BCUT2D eigenvalue weighted by atomic mass is 15.2. The third kappa shape index (κ3) is 4.12. The van der Waals surface area contributed by atoms with E-state index < -0.39 is 0 Å². The van der Waals surface area contributed by atoms with Crippen molar-refractivity contribution in [3.8, 4) is 0 Å². The molecule has 2 heteroatoms. The first-order valence-corrected chi connectivity index (χ1v) is 6.79. The summed E-state index contributed by atoms with van der Waals surface area (Å²) in [5, 5.41) is 3.58. The van der Waals surface area contributed by atoms with Gasteiger partial charge in [0, 0.05) is 18.6 Å². The Hall–Kier alpha value is -0.0800. The monoisotopic (exact) mass is 212 g/mol. The van der Waals surface area contributed by atoms with E-state index in [-0.39, 0.29) is 0 Å². The molecule has 2 atom stereocenters. The van der Waals surface area contributed by atoms with Gasteiger partial charge in [-0.15, -0.1) is 0 Å². The molecule has 0 aromatic heterocycles. The van der Waals surface area contributed by atoms with Crippen LogP contribution in [-0.2, 0) is 0 Å². The van der Waals surface area contributed by atoms with Gasteiger partial charge in [0.2, 0.25) is 0 Å². The highest BCUT2D eigenvalue weighted by molar-refractivity contribution is 4.79. The minimum atomic E-state index is 0.696. The first-order chi connectivity index (χ1) is 7.31. The van der Waals surface area contributed by atoms with Gasteiger partial charge in [0.1, 0.15) is 0 Å². The van der Waals surface area contributed by atoms with Crippen molar-refractivity contribution in [1.29, 1.82) is 0 Å². The van der Waals surface area contributed by atoms with Crippen LogP contribution < -0.4 is 5.32 Å². The first-order valence-electron chi connectivity index (χ1n) is 6.79. The van der Waals surface area contributed by atoms with E-state index in [1.165, 1.54) is 45.2 Å². The summed E-state index contributed by atoms with van der Waals surface area (Å²) < 4.78 is 0. The Balaban J connectivity index is 2.38. The third-order valence-corrected chi connectivity index (χ3v) is 3.66. The Labute approximate surface area is 95.4 Å². The summed E-state index contributed by atoms with van der Waals surface area (Å²) in [6, 6.07) is 1.55. The van der Waals surface area contributed by atoms with E-state index in [4.69, 9.17) is 0 Å². The molecule has 1 aliphatic heterocycles. The van der Waals surface area contributed by atoms with Gasteiger partial charge in [-0.1, -0.05) is 27.2 Å². The van der Waals surface area contributed by atoms with Crippen LogP contribution in [0.15, 0.2) is 0 Å². The lowest BCUT2D eigenvalue weighted by Crippen LogP contribution is -2.47. The quantitative estimate of drug-likeness (QED) is 0.728. The molecular formula is C13H28N2. The number of hydrogen-bond acceptors (Lipinski definition) is 2. The molecule has 90 valence electrons. The van der Waals surface area contributed by atoms with Crippen LogP contribution in [0.2, 0.25) is 0 Å². The maximum absolute atomic E-state index is 3.58. The SMILES string of the molecule is CCNC(CC)CN1CCCCC1CC. The predicted octanol–water partition coefficient (Wildman–Crippen LogP) is 2.64. The summed E-state index contributed by atoms with van der Waals surface area (Å²) in [7, 11) is 0. The lowest BCUT2D eigenvalue weighted by molar-refractivity contribution is 0.128. The van der Waals surface area contributed by atoms with E-state index in [2.05, 4.69) is 31.0 Å². The highest BCUT2D eigenvalue weighted by Gasteiger charge is 2.22. The van der Waals surface area contributed by atoms with E-state index in [1.54, 1.807) is 0 Å². The van der Waals surface area contributed by atoms with Gasteiger partial charge in [0.05, 0.1) is 0 Å². The van der Waals surface area contributed by atoms with Gasteiger partial charge in [0.15, 0.2) is 0 Å². The van der Waals surface area contributed by atoms with Gasteiger partial charge in [-0.2, -0.15) is 0 Å². The van der Waals surface area contributed by atoms with E-state index in [1.807, 2.05) is 0 Å². The van der Waals surface area contributed by atoms with Crippen molar-refractivity contribution < 1.29 is 0 Å². The lowest BCUT2D eigenvalue weighted by atomic mass is 9.99. The molecule has 1 fully saturated rings. The summed E-state index contributed by atoms with van der Waals surface area (Å²) in [6.45, 7) is 10.5. The third-order valence-electron chi connectivity index (χ3n) is 3.66. The van der Waals surface area contributed by atoms with Gasteiger partial charge in [0.25, 0.3) is 0 Å². The van der Waals surface area contributed by atoms with Gasteiger partial charge in [-0.3, -0.25) is 4.90 Å². The zero-order valence-electron chi connectivity index (χ0n) is 10.8. The standard InChI is InChI=1S/C13H28N2/c1-4-12(14-6-3)11-15-10-8-7-9-13(15)5-2/h12-14H,4-11H2,1-3H3. The number of nitrogens with one attached hydrogen (secondary N) is 1. The molecule has 2 nitrogen and oxygen atoms in total. The minimum absolute atomic E-state index is 0.696. The fraction of sp³-hybridized carbons (Fsp3) is 1.00. The molecule has 1 aliphatic rings. The predicted molar refractivity (Wildman–Crippen MR) is 67.3 cm³/mol. The minimum Gasteiger partial charge on any atom is -0.313 e. The maximum Gasteiger partial charge on any atom is 0.0192 e. The molecule has 0 saturated carbocycles. The van der Waals surface area contributed by atoms with Crippen molar-refractivity contribution in [1.82, 2.24) is 10.2 Å². The molecule has 1 saturated heterocycles. The smallest absolute Gasteiger partial charge is 0.0192 e. The molecule has 0 radical (unpaired) electrons. The number of hydrogen-bond donors (Lipinski definition) is 1. The molecule has 0 aliphatic carbocycles. The zero-order chi connectivity index (χ0) is 11.1. The molecule has 0 aromatic carbocycles. The topological polar surface area (TPSA) is 15.3 Å². The van der Waals surface area contributed by atoms with Crippen LogP contribution in [0.3, 0.4) is 0 Å². The average molecular weight is 212 g/mol. The van der Waals surface area contributed by atoms with E-state index in [9.17, 15) is 0 Å². The van der Waals surface area contributed by atoms with Crippen molar-refractivity contribution in [2.75, 3.05) is 19.6 Å². The summed E-state index contributed by atoms with van der Waals surface area (Å²) >= 11 is 0. The molecular weight excluding hydrogens is 184 g/mol. The van der Waals surface area contributed by atoms with Crippen LogP contribution in [0.25, 0.3) is 0 Å². The first kappa shape index (κ1) is 13.0. The number of likely N-dealkylation sites (tertiary alicyclic amines) is 1. The van der Waals surface area contributed by atoms with Crippen molar-refractivity contribution in [3.63, 3.8) is 0 Å². The van der Waals surface area contributed by atoms with Crippen LogP contribution in [0, 0.1) is 0 Å². The van der Waals surface area contributed by atoms with Crippen molar-refractivity contribution in [2.24, 2.45) is 0 Å². The van der Waals surface area contributed by atoms with Crippen LogP contribution in [0.4, 0.5) is 0 Å². The molecule has 0 amide bonds.